The first-order valence-electron chi connectivity index (χ1n) is 8.14. The van der Waals surface area contributed by atoms with Crippen molar-refractivity contribution in [2.45, 2.75) is 25.5 Å². The van der Waals surface area contributed by atoms with E-state index in [1.54, 1.807) is 19.3 Å². The third-order valence-corrected chi connectivity index (χ3v) is 5.02. The Labute approximate surface area is 158 Å². The molecule has 0 saturated carbocycles. The molecule has 1 saturated heterocycles. The summed E-state index contributed by atoms with van der Waals surface area (Å²) in [5, 5.41) is 15.1. The Kier molecular flexibility index (Phi) is 5.33. The molecule has 0 aliphatic carbocycles. The fraction of sp³-hybridized carbons (Fsp3) is 0.438. The largest absolute Gasteiger partial charge is 0.465 e. The number of fused-ring (bicyclic) bond motifs is 1. The maximum atomic E-state index is 12.2. The average molecular weight is 426 g/mol. The van der Waals surface area contributed by atoms with Crippen molar-refractivity contribution < 1.29 is 19.4 Å². The summed E-state index contributed by atoms with van der Waals surface area (Å²) in [5.41, 5.74) is 2.11. The molecule has 0 radical (unpaired) electrons. The number of carboxylic acid groups (broad SMARTS) is 1. The predicted octanol–water partition coefficient (Wildman–Crippen LogP) is 2.15. The first kappa shape index (κ1) is 18.5. The number of methoxy groups -OCH3 is 1. The Bertz CT molecular complexity index is 839. The molecule has 0 spiro atoms. The lowest BCUT2D eigenvalue weighted by Crippen LogP contribution is -2.36. The number of pyridine rings is 1. The van der Waals surface area contributed by atoms with E-state index in [0.717, 1.165) is 15.5 Å². The van der Waals surface area contributed by atoms with Crippen molar-refractivity contribution in [3.8, 4) is 0 Å². The molecule has 4 N–H and O–H groups in total. The zero-order valence-corrected chi connectivity index (χ0v) is 16.0. The highest BCUT2D eigenvalue weighted by molar-refractivity contribution is 9.10. The Morgan fingerprint density at radius 3 is 3.00 bits per heavy atom. The van der Waals surface area contributed by atoms with Crippen LogP contribution in [0.4, 0.5) is 16.2 Å². The van der Waals surface area contributed by atoms with Crippen LogP contribution < -0.4 is 15.5 Å². The van der Waals surface area contributed by atoms with Gasteiger partial charge in [-0.05, 0) is 29.3 Å². The van der Waals surface area contributed by atoms with Gasteiger partial charge in [0.15, 0.2) is 0 Å². The number of anilines is 2. The summed E-state index contributed by atoms with van der Waals surface area (Å²) >= 11 is 3.53. The second kappa shape index (κ2) is 7.50. The molecule has 2 atom stereocenters. The molecule has 1 fully saturated rings. The van der Waals surface area contributed by atoms with Crippen molar-refractivity contribution in [1.82, 2.24) is 15.3 Å². The van der Waals surface area contributed by atoms with Crippen molar-refractivity contribution in [2.75, 3.05) is 30.4 Å². The zero-order chi connectivity index (χ0) is 18.8. The van der Waals surface area contributed by atoms with Crippen LogP contribution in [0, 0.1) is 0 Å². The Balaban J connectivity index is 1.95. The van der Waals surface area contributed by atoms with E-state index < -0.39 is 12.2 Å². The molecule has 140 valence electrons. The van der Waals surface area contributed by atoms with Gasteiger partial charge in [-0.3, -0.25) is 4.79 Å². The van der Waals surface area contributed by atoms with Gasteiger partial charge in [-0.1, -0.05) is 0 Å². The minimum Gasteiger partial charge on any atom is -0.465 e. The number of H-pyrrole nitrogens is 1. The highest BCUT2D eigenvalue weighted by Crippen LogP contribution is 2.39. The molecule has 9 nitrogen and oxygen atoms in total. The second-order valence-electron chi connectivity index (χ2n) is 6.13. The van der Waals surface area contributed by atoms with Crippen LogP contribution in [0.3, 0.4) is 0 Å². The summed E-state index contributed by atoms with van der Waals surface area (Å²) in [7, 11) is 1.48. The van der Waals surface area contributed by atoms with E-state index in [1.807, 2.05) is 0 Å². The number of ether oxygens (including phenoxy) is 1. The van der Waals surface area contributed by atoms with Gasteiger partial charge in [-0.15, -0.1) is 0 Å². The fourth-order valence-corrected chi connectivity index (χ4v) is 3.61. The summed E-state index contributed by atoms with van der Waals surface area (Å²) in [4.78, 5) is 32.6. The molecule has 10 heteroatoms. The number of rotatable bonds is 5. The lowest BCUT2D eigenvalue weighted by Gasteiger charge is -2.22. The highest BCUT2D eigenvalue weighted by Gasteiger charge is 2.28. The van der Waals surface area contributed by atoms with E-state index in [2.05, 4.69) is 41.4 Å². The minimum absolute atomic E-state index is 0.145. The van der Waals surface area contributed by atoms with E-state index in [1.165, 1.54) is 7.11 Å². The lowest BCUT2D eigenvalue weighted by atomic mass is 10.2. The fourth-order valence-electron chi connectivity index (χ4n) is 3.06. The molecule has 3 heterocycles. The third-order valence-electron chi connectivity index (χ3n) is 4.44. The Morgan fingerprint density at radius 2 is 2.31 bits per heavy atom. The highest BCUT2D eigenvalue weighted by atomic mass is 79.9. The summed E-state index contributed by atoms with van der Waals surface area (Å²) in [5.74, 6) is -0.258. The molecule has 0 aromatic carbocycles. The van der Waals surface area contributed by atoms with Gasteiger partial charge < -0.3 is 30.4 Å². The molecule has 2 aromatic rings. The Morgan fingerprint density at radius 1 is 1.54 bits per heavy atom. The monoisotopic (exact) mass is 425 g/mol. The lowest BCUT2D eigenvalue weighted by molar-refractivity contribution is -0.124. The van der Waals surface area contributed by atoms with Crippen molar-refractivity contribution in [3.63, 3.8) is 0 Å². The number of carbonyl (C=O) groups is 2. The average Bonchev–Trinajstić information content (AvgIpc) is 3.21. The summed E-state index contributed by atoms with van der Waals surface area (Å²) < 4.78 is 5.83. The van der Waals surface area contributed by atoms with Crippen molar-refractivity contribution >= 4 is 50.3 Å². The number of carbonyl (C=O) groups excluding carboxylic acids is 1. The number of nitrogens with zero attached hydrogens (tertiary/aromatic N) is 2. The summed E-state index contributed by atoms with van der Waals surface area (Å²) in [6, 6.07) is -0.145. The maximum absolute atomic E-state index is 12.2. The first-order valence-corrected chi connectivity index (χ1v) is 8.93. The molecule has 0 bridgehead atoms. The molecule has 26 heavy (non-hydrogen) atoms. The van der Waals surface area contributed by atoms with Gasteiger partial charge >= 0.3 is 6.09 Å². The molecule has 2 amide bonds. The van der Waals surface area contributed by atoms with Crippen LogP contribution >= 0.6 is 15.9 Å². The molecule has 1 aliphatic rings. The molecular weight excluding hydrogens is 406 g/mol. The summed E-state index contributed by atoms with van der Waals surface area (Å²) in [6.07, 6.45) is 2.47. The maximum Gasteiger partial charge on any atom is 0.404 e. The van der Waals surface area contributed by atoms with Gasteiger partial charge in [0.25, 0.3) is 5.91 Å². The van der Waals surface area contributed by atoms with E-state index in [4.69, 9.17) is 9.84 Å². The molecule has 0 unspecified atom stereocenters. The van der Waals surface area contributed by atoms with Gasteiger partial charge in [-0.2, -0.15) is 0 Å². The molecule has 3 rings (SSSR count). The zero-order valence-electron chi connectivity index (χ0n) is 14.4. The number of hydrogen-bond acceptors (Lipinski definition) is 5. The van der Waals surface area contributed by atoms with Crippen LogP contribution in [0.25, 0.3) is 11.0 Å². The van der Waals surface area contributed by atoms with E-state index in [-0.39, 0.29) is 11.9 Å². The number of nitrogens with one attached hydrogen (secondary N) is 3. The standard InChI is InChI=1S/C16H20BrN5O4/c1-8(26-2)15(23)21-11-6-19-14-12(11)13(10(17)5-18-14)22-4-3-9(7-22)20-16(24)25/h5-6,8-9,20H,3-4,7H2,1-2H3,(H,18,19)(H,21,23)(H,24,25)/t8-,9-/m1/s1. The smallest absolute Gasteiger partial charge is 0.404 e. The molecule has 1 aliphatic heterocycles. The van der Waals surface area contributed by atoms with E-state index in [0.29, 0.717) is 30.8 Å². The van der Waals surface area contributed by atoms with Gasteiger partial charge in [0.1, 0.15) is 11.8 Å². The van der Waals surface area contributed by atoms with E-state index in [9.17, 15) is 9.59 Å². The number of halogens is 1. The SMILES string of the molecule is CO[C@H](C)C(=O)Nc1c[nH]c2ncc(Br)c(N3CC[C@@H](NC(=O)O)C3)c12. The Hall–Kier alpha value is -2.33. The van der Waals surface area contributed by atoms with Gasteiger partial charge in [0.2, 0.25) is 0 Å². The van der Waals surface area contributed by atoms with Crippen molar-refractivity contribution in [1.29, 1.82) is 0 Å². The summed E-state index contributed by atoms with van der Waals surface area (Å²) in [6.45, 7) is 2.90. The number of amides is 2. The topological polar surface area (TPSA) is 120 Å². The van der Waals surface area contributed by atoms with Crippen LogP contribution in [0.15, 0.2) is 16.9 Å². The second-order valence-corrected chi connectivity index (χ2v) is 6.98. The van der Waals surface area contributed by atoms with Crippen LogP contribution in [-0.2, 0) is 9.53 Å². The van der Waals surface area contributed by atoms with Gasteiger partial charge in [0, 0.05) is 32.6 Å². The van der Waals surface area contributed by atoms with Crippen LogP contribution in [0.2, 0.25) is 0 Å². The van der Waals surface area contributed by atoms with Gasteiger partial charge in [0.05, 0.1) is 27.3 Å². The number of hydrogen-bond donors (Lipinski definition) is 4. The predicted molar refractivity (Wildman–Crippen MR) is 101 cm³/mol. The number of aromatic amines is 1. The first-order chi connectivity index (χ1) is 12.4. The minimum atomic E-state index is -1.03. The van der Waals surface area contributed by atoms with Crippen molar-refractivity contribution in [2.24, 2.45) is 0 Å². The van der Waals surface area contributed by atoms with Crippen LogP contribution in [-0.4, -0.2) is 59.4 Å². The van der Waals surface area contributed by atoms with E-state index >= 15 is 0 Å². The third kappa shape index (κ3) is 3.61. The molecule has 2 aromatic heterocycles. The van der Waals surface area contributed by atoms with Gasteiger partial charge in [-0.25, -0.2) is 9.78 Å². The van der Waals surface area contributed by atoms with Crippen LogP contribution in [0.5, 0.6) is 0 Å². The van der Waals surface area contributed by atoms with Crippen molar-refractivity contribution in [3.05, 3.63) is 16.9 Å². The number of aromatic nitrogens is 2. The molecular formula is C16H20BrN5O4. The van der Waals surface area contributed by atoms with Crippen LogP contribution in [0.1, 0.15) is 13.3 Å². The quantitative estimate of drug-likeness (QED) is 0.582. The normalized spacial score (nSPS) is 18.1.